The van der Waals surface area contributed by atoms with Crippen molar-refractivity contribution in [2.45, 2.75) is 64.0 Å². The molecule has 2 N–H and O–H groups in total. The third kappa shape index (κ3) is 7.07. The van der Waals surface area contributed by atoms with Crippen LogP contribution in [0.25, 0.3) is 0 Å². The van der Waals surface area contributed by atoms with E-state index in [4.69, 9.17) is 23.7 Å². The maximum Gasteiger partial charge on any atom is 0.330 e. The van der Waals surface area contributed by atoms with E-state index in [1.807, 2.05) is 24.3 Å². The molecule has 2 rings (SSSR count). The van der Waals surface area contributed by atoms with Crippen LogP contribution in [0.2, 0.25) is 0 Å². The van der Waals surface area contributed by atoms with E-state index in [9.17, 15) is 15.0 Å². The van der Waals surface area contributed by atoms with E-state index in [1.165, 1.54) is 6.08 Å². The third-order valence-electron chi connectivity index (χ3n) is 4.62. The Morgan fingerprint density at radius 2 is 1.97 bits per heavy atom. The van der Waals surface area contributed by atoms with E-state index in [-0.39, 0.29) is 6.61 Å². The molecule has 0 aliphatic carbocycles. The van der Waals surface area contributed by atoms with Gasteiger partial charge in [-0.15, -0.1) is 0 Å². The largest absolute Gasteiger partial charge is 0.497 e. The fraction of sp³-hybridized carbons (Fsp3) is 0.591. The minimum absolute atomic E-state index is 0.206. The summed E-state index contributed by atoms with van der Waals surface area (Å²) in [5, 5.41) is 19.9. The summed E-state index contributed by atoms with van der Waals surface area (Å²) in [5.41, 5.74) is 0.878. The van der Waals surface area contributed by atoms with Crippen molar-refractivity contribution < 1.29 is 38.7 Å². The number of ether oxygens (including phenoxy) is 5. The second-order valence-corrected chi connectivity index (χ2v) is 7.40. The average Bonchev–Trinajstić information content (AvgIpc) is 3.02. The lowest BCUT2D eigenvalue weighted by molar-refractivity contribution is -0.175. The van der Waals surface area contributed by atoms with Gasteiger partial charge in [-0.2, -0.15) is 0 Å². The summed E-state index contributed by atoms with van der Waals surface area (Å²) >= 11 is 0. The zero-order valence-corrected chi connectivity index (χ0v) is 17.9. The molecule has 8 nitrogen and oxygen atoms in total. The first-order valence-corrected chi connectivity index (χ1v) is 10.0. The van der Waals surface area contributed by atoms with Crippen LogP contribution in [0.15, 0.2) is 36.4 Å². The minimum atomic E-state index is -1.16. The van der Waals surface area contributed by atoms with Crippen LogP contribution in [-0.4, -0.2) is 66.7 Å². The summed E-state index contributed by atoms with van der Waals surface area (Å²) in [6.45, 7) is 5.28. The summed E-state index contributed by atoms with van der Waals surface area (Å²) in [6, 6.07) is 7.35. The molecule has 8 heteroatoms. The lowest BCUT2D eigenvalue weighted by Crippen LogP contribution is -2.46. The predicted octanol–water partition coefficient (Wildman–Crippen LogP) is 1.96. The van der Waals surface area contributed by atoms with E-state index in [0.717, 1.165) is 11.3 Å². The Hall–Kier alpha value is -1.97. The first kappa shape index (κ1) is 24.3. The van der Waals surface area contributed by atoms with Crippen LogP contribution in [0, 0.1) is 0 Å². The number of carbonyl (C=O) groups is 1. The SMILES string of the molecule is CCOC(=O)/C=C/C[C@H]1OC(C)(C)O[C@H]1[C@@H](OCc1ccc(OC)cc1)[C@H](O)CO. The molecule has 1 fully saturated rings. The molecule has 0 amide bonds. The van der Waals surface area contributed by atoms with Gasteiger partial charge in [-0.05, 0) is 44.9 Å². The fourth-order valence-corrected chi connectivity index (χ4v) is 3.26. The molecule has 1 saturated heterocycles. The summed E-state index contributed by atoms with van der Waals surface area (Å²) in [4.78, 5) is 11.5. The van der Waals surface area contributed by atoms with Crippen molar-refractivity contribution in [2.24, 2.45) is 0 Å². The van der Waals surface area contributed by atoms with Crippen LogP contribution in [0.1, 0.15) is 32.8 Å². The van der Waals surface area contributed by atoms with Gasteiger partial charge in [0, 0.05) is 6.08 Å². The number of benzene rings is 1. The Balaban J connectivity index is 2.10. The molecule has 0 spiro atoms. The van der Waals surface area contributed by atoms with Gasteiger partial charge < -0.3 is 33.9 Å². The van der Waals surface area contributed by atoms with Crippen LogP contribution in [0.5, 0.6) is 5.75 Å². The summed E-state index contributed by atoms with van der Waals surface area (Å²) in [7, 11) is 1.59. The van der Waals surface area contributed by atoms with E-state index in [0.29, 0.717) is 13.0 Å². The molecule has 0 saturated carbocycles. The molecule has 168 valence electrons. The van der Waals surface area contributed by atoms with E-state index >= 15 is 0 Å². The quantitative estimate of drug-likeness (QED) is 0.410. The molecule has 1 heterocycles. The first-order valence-electron chi connectivity index (χ1n) is 10.0. The highest BCUT2D eigenvalue weighted by molar-refractivity contribution is 5.81. The monoisotopic (exact) mass is 424 g/mol. The van der Waals surface area contributed by atoms with E-state index < -0.39 is 42.8 Å². The maximum atomic E-state index is 11.5. The molecule has 1 aliphatic rings. The van der Waals surface area contributed by atoms with Crippen molar-refractivity contribution in [2.75, 3.05) is 20.3 Å². The van der Waals surface area contributed by atoms with Gasteiger partial charge in [0.1, 0.15) is 24.1 Å². The Morgan fingerprint density at radius 3 is 2.57 bits per heavy atom. The highest BCUT2D eigenvalue weighted by Gasteiger charge is 2.47. The second-order valence-electron chi connectivity index (χ2n) is 7.40. The number of rotatable bonds is 11. The molecule has 0 bridgehead atoms. The standard InChI is InChI=1S/C22H32O8/c1-5-27-19(25)8-6-7-18-21(30-22(2,3)29-18)20(17(24)13-23)28-14-15-9-11-16(26-4)12-10-15/h6,8-12,17-18,20-21,23-24H,5,7,13-14H2,1-4H3/b8-6+/t17-,18-,20+,21-/m1/s1. The van der Waals surface area contributed by atoms with Gasteiger partial charge in [0.15, 0.2) is 5.79 Å². The normalized spacial score (nSPS) is 22.7. The van der Waals surface area contributed by atoms with Gasteiger partial charge in [0.05, 0.1) is 33.0 Å². The van der Waals surface area contributed by atoms with Gasteiger partial charge in [0.25, 0.3) is 0 Å². The van der Waals surface area contributed by atoms with Crippen LogP contribution >= 0.6 is 0 Å². The van der Waals surface area contributed by atoms with Crippen molar-refractivity contribution >= 4 is 5.97 Å². The van der Waals surface area contributed by atoms with Gasteiger partial charge in [0.2, 0.25) is 0 Å². The number of aliphatic hydroxyl groups excluding tert-OH is 2. The lowest BCUT2D eigenvalue weighted by atomic mass is 10.0. The number of aliphatic hydroxyl groups is 2. The molecule has 4 atom stereocenters. The van der Waals surface area contributed by atoms with Crippen LogP contribution in [0.4, 0.5) is 0 Å². The number of methoxy groups -OCH3 is 1. The zero-order valence-electron chi connectivity index (χ0n) is 17.9. The Bertz CT molecular complexity index is 685. The van der Waals surface area contributed by atoms with Crippen LogP contribution in [0.3, 0.4) is 0 Å². The summed E-state index contributed by atoms with van der Waals surface area (Å²) in [5.74, 6) is -0.604. The van der Waals surface area contributed by atoms with Gasteiger partial charge in [-0.25, -0.2) is 4.79 Å². The summed E-state index contributed by atoms with van der Waals surface area (Å²) < 4.78 is 27.9. The molecule has 0 aromatic heterocycles. The topological polar surface area (TPSA) is 104 Å². The first-order chi connectivity index (χ1) is 14.3. The Kier molecular flexibility index (Phi) is 9.26. The highest BCUT2D eigenvalue weighted by atomic mass is 16.8. The smallest absolute Gasteiger partial charge is 0.330 e. The minimum Gasteiger partial charge on any atom is -0.497 e. The molecular weight excluding hydrogens is 392 g/mol. The highest BCUT2D eigenvalue weighted by Crippen LogP contribution is 2.34. The van der Waals surface area contributed by atoms with Crippen LogP contribution < -0.4 is 4.74 Å². The second kappa shape index (κ2) is 11.4. The van der Waals surface area contributed by atoms with E-state index in [2.05, 4.69) is 0 Å². The molecule has 1 aliphatic heterocycles. The maximum absolute atomic E-state index is 11.5. The predicted molar refractivity (Wildman–Crippen MR) is 109 cm³/mol. The van der Waals surface area contributed by atoms with Crippen molar-refractivity contribution in [1.82, 2.24) is 0 Å². The van der Waals surface area contributed by atoms with E-state index in [1.54, 1.807) is 34.0 Å². The number of esters is 1. The Labute approximate surface area is 177 Å². The molecule has 0 unspecified atom stereocenters. The number of carbonyl (C=O) groups excluding carboxylic acids is 1. The van der Waals surface area contributed by atoms with Gasteiger partial charge in [-0.3, -0.25) is 0 Å². The third-order valence-corrected chi connectivity index (χ3v) is 4.62. The van der Waals surface area contributed by atoms with Crippen molar-refractivity contribution in [3.63, 3.8) is 0 Å². The van der Waals surface area contributed by atoms with Crippen molar-refractivity contribution in [1.29, 1.82) is 0 Å². The molecule has 1 aromatic rings. The van der Waals surface area contributed by atoms with Crippen LogP contribution in [-0.2, 0) is 30.3 Å². The lowest BCUT2D eigenvalue weighted by Gasteiger charge is -2.29. The molecule has 30 heavy (non-hydrogen) atoms. The zero-order chi connectivity index (χ0) is 22.1. The average molecular weight is 424 g/mol. The molecular formula is C22H32O8. The number of hydrogen-bond donors (Lipinski definition) is 2. The number of hydrogen-bond acceptors (Lipinski definition) is 8. The van der Waals surface area contributed by atoms with Gasteiger partial charge >= 0.3 is 5.97 Å². The molecule has 0 radical (unpaired) electrons. The fourth-order valence-electron chi connectivity index (χ4n) is 3.26. The van der Waals surface area contributed by atoms with Gasteiger partial charge in [-0.1, -0.05) is 18.2 Å². The van der Waals surface area contributed by atoms with Crippen molar-refractivity contribution in [3.05, 3.63) is 42.0 Å². The molecule has 1 aromatic carbocycles. The van der Waals surface area contributed by atoms with Crippen molar-refractivity contribution in [3.8, 4) is 5.75 Å². The summed E-state index contributed by atoms with van der Waals surface area (Å²) in [6.07, 6.45) is 0.215. The Morgan fingerprint density at radius 1 is 1.27 bits per heavy atom.